The predicted octanol–water partition coefficient (Wildman–Crippen LogP) is 2.44. The quantitative estimate of drug-likeness (QED) is 0.624. The summed E-state index contributed by atoms with van der Waals surface area (Å²) < 4.78 is 32.8. The molecule has 1 fully saturated rings. The van der Waals surface area contributed by atoms with Crippen molar-refractivity contribution in [2.24, 2.45) is 0 Å². The first-order valence-electron chi connectivity index (χ1n) is 9.90. The lowest BCUT2D eigenvalue weighted by Gasteiger charge is -2.34. The topological polar surface area (TPSA) is 101 Å². The molecule has 0 radical (unpaired) electrons. The van der Waals surface area contributed by atoms with Crippen molar-refractivity contribution in [3.8, 4) is 5.75 Å². The SMILES string of the molecule is COc1ccccc1S(=O)(=O)N1CCN(c2ccc(Nc3cccc(C)n3)nn2)CC1. The Hall–Kier alpha value is -3.24. The third kappa shape index (κ3) is 4.59. The first kappa shape index (κ1) is 21.0. The van der Waals surface area contributed by atoms with Gasteiger partial charge in [0.05, 0.1) is 7.11 Å². The normalized spacial score (nSPS) is 15.0. The lowest BCUT2D eigenvalue weighted by molar-refractivity contribution is 0.373. The summed E-state index contributed by atoms with van der Waals surface area (Å²) >= 11 is 0. The fourth-order valence-corrected chi connectivity index (χ4v) is 5.01. The van der Waals surface area contributed by atoms with E-state index < -0.39 is 10.0 Å². The van der Waals surface area contributed by atoms with E-state index >= 15 is 0 Å². The molecule has 1 aliphatic heterocycles. The number of para-hydroxylation sites is 1. The van der Waals surface area contributed by atoms with Crippen LogP contribution in [0.1, 0.15) is 5.69 Å². The molecule has 1 aliphatic rings. The van der Waals surface area contributed by atoms with Crippen LogP contribution < -0.4 is 15.0 Å². The molecule has 0 aliphatic carbocycles. The Balaban J connectivity index is 1.40. The third-order valence-electron chi connectivity index (χ3n) is 5.04. The van der Waals surface area contributed by atoms with Crippen LogP contribution in [-0.4, -0.2) is 61.2 Å². The predicted molar refractivity (Wildman–Crippen MR) is 118 cm³/mol. The summed E-state index contributed by atoms with van der Waals surface area (Å²) in [5.74, 6) is 2.36. The molecule has 31 heavy (non-hydrogen) atoms. The molecule has 10 heteroatoms. The Bertz CT molecular complexity index is 1150. The third-order valence-corrected chi connectivity index (χ3v) is 6.98. The van der Waals surface area contributed by atoms with Crippen molar-refractivity contribution in [2.75, 3.05) is 43.5 Å². The Morgan fingerprint density at radius 3 is 2.35 bits per heavy atom. The highest BCUT2D eigenvalue weighted by atomic mass is 32.2. The Labute approximate surface area is 181 Å². The van der Waals surface area contributed by atoms with E-state index in [2.05, 4.69) is 20.5 Å². The van der Waals surface area contributed by atoms with Crippen LogP contribution in [0.4, 0.5) is 17.5 Å². The van der Waals surface area contributed by atoms with E-state index in [-0.39, 0.29) is 4.90 Å². The van der Waals surface area contributed by atoms with Gasteiger partial charge in [0.15, 0.2) is 11.6 Å². The summed E-state index contributed by atoms with van der Waals surface area (Å²) in [6.07, 6.45) is 0. The van der Waals surface area contributed by atoms with Gasteiger partial charge in [-0.2, -0.15) is 4.31 Å². The van der Waals surface area contributed by atoms with Gasteiger partial charge in [-0.15, -0.1) is 10.2 Å². The van der Waals surface area contributed by atoms with Gasteiger partial charge in [-0.1, -0.05) is 18.2 Å². The van der Waals surface area contributed by atoms with Crippen LogP contribution in [0.2, 0.25) is 0 Å². The van der Waals surface area contributed by atoms with Gasteiger partial charge in [0, 0.05) is 31.9 Å². The molecule has 3 aromatic rings. The summed E-state index contributed by atoms with van der Waals surface area (Å²) in [6.45, 7) is 3.68. The number of ether oxygens (including phenoxy) is 1. The van der Waals surface area contributed by atoms with Gasteiger partial charge >= 0.3 is 0 Å². The van der Waals surface area contributed by atoms with E-state index in [0.29, 0.717) is 49.4 Å². The average Bonchev–Trinajstić information content (AvgIpc) is 2.80. The number of rotatable bonds is 6. The van der Waals surface area contributed by atoms with Crippen molar-refractivity contribution in [1.29, 1.82) is 0 Å². The Morgan fingerprint density at radius 1 is 0.903 bits per heavy atom. The van der Waals surface area contributed by atoms with E-state index in [4.69, 9.17) is 4.74 Å². The van der Waals surface area contributed by atoms with Crippen LogP contribution in [-0.2, 0) is 10.0 Å². The van der Waals surface area contributed by atoms with E-state index in [0.717, 1.165) is 5.69 Å². The van der Waals surface area contributed by atoms with Gasteiger partial charge in [-0.05, 0) is 43.3 Å². The maximum absolute atomic E-state index is 13.0. The van der Waals surface area contributed by atoms with Gasteiger partial charge in [0.25, 0.3) is 0 Å². The minimum atomic E-state index is -3.63. The zero-order chi connectivity index (χ0) is 21.8. The van der Waals surface area contributed by atoms with Gasteiger partial charge in [-0.3, -0.25) is 0 Å². The summed E-state index contributed by atoms with van der Waals surface area (Å²) in [4.78, 5) is 6.60. The molecule has 0 amide bonds. The second kappa shape index (κ2) is 8.86. The number of nitrogens with zero attached hydrogens (tertiary/aromatic N) is 5. The molecule has 0 bridgehead atoms. The lowest BCUT2D eigenvalue weighted by Crippen LogP contribution is -2.49. The van der Waals surface area contributed by atoms with Crippen LogP contribution in [0.3, 0.4) is 0 Å². The summed E-state index contributed by atoms with van der Waals surface area (Å²) in [5.41, 5.74) is 0.913. The second-order valence-corrected chi connectivity index (χ2v) is 9.01. The molecule has 0 spiro atoms. The minimum absolute atomic E-state index is 0.186. The van der Waals surface area contributed by atoms with Crippen LogP contribution in [0.5, 0.6) is 5.75 Å². The van der Waals surface area contributed by atoms with Gasteiger partial charge in [0.2, 0.25) is 10.0 Å². The summed E-state index contributed by atoms with van der Waals surface area (Å²) in [7, 11) is -2.16. The standard InChI is InChI=1S/C21H24N6O3S/c1-16-6-5-9-19(22-16)23-20-10-11-21(25-24-20)26-12-14-27(15-13-26)31(28,29)18-8-4-3-7-17(18)30-2/h3-11H,12-15H2,1-2H3,(H,22,23,24). The summed E-state index contributed by atoms with van der Waals surface area (Å²) in [6, 6.07) is 16.1. The van der Waals surface area contributed by atoms with E-state index in [1.165, 1.54) is 11.4 Å². The van der Waals surface area contributed by atoms with E-state index in [9.17, 15) is 8.42 Å². The fraction of sp³-hybridized carbons (Fsp3) is 0.286. The molecule has 0 atom stereocenters. The van der Waals surface area contributed by atoms with Crippen molar-refractivity contribution in [1.82, 2.24) is 19.5 Å². The van der Waals surface area contributed by atoms with Crippen molar-refractivity contribution in [3.05, 3.63) is 60.3 Å². The molecule has 3 heterocycles. The highest BCUT2D eigenvalue weighted by Gasteiger charge is 2.31. The molecule has 1 N–H and O–H groups in total. The van der Waals surface area contributed by atoms with E-state index in [1.54, 1.807) is 24.3 Å². The number of anilines is 3. The van der Waals surface area contributed by atoms with Crippen LogP contribution >= 0.6 is 0 Å². The first-order chi connectivity index (χ1) is 15.0. The monoisotopic (exact) mass is 440 g/mol. The molecule has 162 valence electrons. The number of sulfonamides is 1. The fourth-order valence-electron chi connectivity index (χ4n) is 3.43. The van der Waals surface area contributed by atoms with Crippen LogP contribution in [0.25, 0.3) is 0 Å². The van der Waals surface area contributed by atoms with Crippen molar-refractivity contribution in [2.45, 2.75) is 11.8 Å². The molecule has 1 saturated heterocycles. The van der Waals surface area contributed by atoms with Crippen molar-refractivity contribution < 1.29 is 13.2 Å². The molecular weight excluding hydrogens is 416 g/mol. The smallest absolute Gasteiger partial charge is 0.246 e. The Kier molecular flexibility index (Phi) is 6.01. The number of aryl methyl sites for hydroxylation is 1. The van der Waals surface area contributed by atoms with E-state index in [1.807, 2.05) is 42.2 Å². The van der Waals surface area contributed by atoms with Gasteiger partial charge in [0.1, 0.15) is 16.5 Å². The number of piperazine rings is 1. The maximum Gasteiger partial charge on any atom is 0.246 e. The first-order valence-corrected chi connectivity index (χ1v) is 11.3. The van der Waals surface area contributed by atoms with Gasteiger partial charge < -0.3 is 15.0 Å². The molecule has 0 unspecified atom stereocenters. The zero-order valence-electron chi connectivity index (χ0n) is 17.4. The maximum atomic E-state index is 13.0. The minimum Gasteiger partial charge on any atom is -0.495 e. The number of benzene rings is 1. The van der Waals surface area contributed by atoms with Crippen LogP contribution in [0, 0.1) is 6.92 Å². The van der Waals surface area contributed by atoms with Gasteiger partial charge in [-0.25, -0.2) is 13.4 Å². The number of hydrogen-bond acceptors (Lipinski definition) is 8. The van der Waals surface area contributed by atoms with Crippen molar-refractivity contribution in [3.63, 3.8) is 0 Å². The highest BCUT2D eigenvalue weighted by Crippen LogP contribution is 2.27. The molecule has 2 aromatic heterocycles. The average molecular weight is 441 g/mol. The number of pyridine rings is 1. The number of methoxy groups -OCH3 is 1. The largest absolute Gasteiger partial charge is 0.495 e. The number of aromatic nitrogens is 3. The van der Waals surface area contributed by atoms with Crippen LogP contribution in [0.15, 0.2) is 59.5 Å². The highest BCUT2D eigenvalue weighted by molar-refractivity contribution is 7.89. The lowest BCUT2D eigenvalue weighted by atomic mass is 10.3. The number of nitrogens with one attached hydrogen (secondary N) is 1. The summed E-state index contributed by atoms with van der Waals surface area (Å²) in [5, 5.41) is 11.6. The Morgan fingerprint density at radius 2 is 1.68 bits per heavy atom. The molecule has 4 rings (SSSR count). The van der Waals surface area contributed by atoms with Crippen molar-refractivity contribution >= 4 is 27.5 Å². The number of hydrogen-bond donors (Lipinski definition) is 1. The second-order valence-electron chi connectivity index (χ2n) is 7.11. The molecular formula is C21H24N6O3S. The zero-order valence-corrected chi connectivity index (χ0v) is 18.2. The molecule has 1 aromatic carbocycles. The molecule has 0 saturated carbocycles. The molecule has 9 nitrogen and oxygen atoms in total.